The third kappa shape index (κ3) is 4.44. The summed E-state index contributed by atoms with van der Waals surface area (Å²) in [5.41, 5.74) is 2.62. The van der Waals surface area contributed by atoms with Gasteiger partial charge in [0, 0.05) is 37.6 Å². The quantitative estimate of drug-likeness (QED) is 0.693. The summed E-state index contributed by atoms with van der Waals surface area (Å²) in [5.74, 6) is 0.984. The lowest BCUT2D eigenvalue weighted by Crippen LogP contribution is -2.46. The molecule has 128 valence electrons. The molecule has 0 radical (unpaired) electrons. The van der Waals surface area contributed by atoms with Crippen molar-refractivity contribution in [3.8, 4) is 5.75 Å². The molecule has 1 fully saturated rings. The van der Waals surface area contributed by atoms with E-state index in [9.17, 15) is 0 Å². The largest absolute Gasteiger partial charge is 0.494 e. The van der Waals surface area contributed by atoms with Crippen LogP contribution in [-0.4, -0.2) is 32.8 Å². The van der Waals surface area contributed by atoms with Gasteiger partial charge in [0.1, 0.15) is 5.75 Å². The van der Waals surface area contributed by atoms with Crippen LogP contribution < -0.4 is 14.5 Å². The van der Waals surface area contributed by atoms with E-state index in [-0.39, 0.29) is 0 Å². The SMILES string of the molecule is CCCCCOc1ccc(N2CCN(c3ccccc3)CC2)cc1. The molecule has 1 aliphatic heterocycles. The smallest absolute Gasteiger partial charge is 0.119 e. The molecular weight excluding hydrogens is 296 g/mol. The second-order valence-corrected chi connectivity index (χ2v) is 6.36. The van der Waals surface area contributed by atoms with Gasteiger partial charge in [0.2, 0.25) is 0 Å². The lowest BCUT2D eigenvalue weighted by atomic mass is 10.2. The van der Waals surface area contributed by atoms with E-state index >= 15 is 0 Å². The average Bonchev–Trinajstić information content (AvgIpc) is 2.67. The molecule has 0 amide bonds. The Labute approximate surface area is 145 Å². The fourth-order valence-electron chi connectivity index (χ4n) is 3.16. The fourth-order valence-corrected chi connectivity index (χ4v) is 3.16. The van der Waals surface area contributed by atoms with Crippen molar-refractivity contribution in [1.82, 2.24) is 0 Å². The van der Waals surface area contributed by atoms with E-state index in [0.717, 1.165) is 45.0 Å². The van der Waals surface area contributed by atoms with Crippen molar-refractivity contribution in [1.29, 1.82) is 0 Å². The van der Waals surface area contributed by atoms with Gasteiger partial charge in [-0.25, -0.2) is 0 Å². The van der Waals surface area contributed by atoms with Gasteiger partial charge in [-0.3, -0.25) is 0 Å². The van der Waals surface area contributed by atoms with Crippen molar-refractivity contribution < 1.29 is 4.74 Å². The van der Waals surface area contributed by atoms with E-state index < -0.39 is 0 Å². The Morgan fingerprint density at radius 2 is 1.33 bits per heavy atom. The Balaban J connectivity index is 1.49. The number of anilines is 2. The van der Waals surface area contributed by atoms with Gasteiger partial charge in [0.25, 0.3) is 0 Å². The number of para-hydroxylation sites is 1. The summed E-state index contributed by atoms with van der Waals surface area (Å²) in [6, 6.07) is 19.3. The molecule has 1 heterocycles. The van der Waals surface area contributed by atoms with Crippen molar-refractivity contribution in [2.75, 3.05) is 42.6 Å². The van der Waals surface area contributed by atoms with Crippen LogP contribution in [0.15, 0.2) is 54.6 Å². The number of hydrogen-bond donors (Lipinski definition) is 0. The Bertz CT molecular complexity index is 589. The molecule has 0 saturated carbocycles. The van der Waals surface area contributed by atoms with E-state index in [1.165, 1.54) is 24.2 Å². The first-order valence-corrected chi connectivity index (χ1v) is 9.14. The number of ether oxygens (including phenoxy) is 1. The molecular formula is C21H28N2O. The minimum Gasteiger partial charge on any atom is -0.494 e. The van der Waals surface area contributed by atoms with Crippen LogP contribution in [0.2, 0.25) is 0 Å². The summed E-state index contributed by atoms with van der Waals surface area (Å²) in [7, 11) is 0. The van der Waals surface area contributed by atoms with Gasteiger partial charge in [0.05, 0.1) is 6.61 Å². The standard InChI is InChI=1S/C21H28N2O/c1-2-3-7-18-24-21-12-10-20(11-13-21)23-16-14-22(15-17-23)19-8-5-4-6-9-19/h4-6,8-13H,2-3,7,14-18H2,1H3. The second-order valence-electron chi connectivity index (χ2n) is 6.36. The molecule has 0 unspecified atom stereocenters. The van der Waals surface area contributed by atoms with Crippen molar-refractivity contribution in [2.24, 2.45) is 0 Å². The van der Waals surface area contributed by atoms with Crippen LogP contribution in [0.25, 0.3) is 0 Å². The molecule has 0 aromatic heterocycles. The van der Waals surface area contributed by atoms with Crippen molar-refractivity contribution in [3.63, 3.8) is 0 Å². The number of unbranched alkanes of at least 4 members (excludes halogenated alkanes) is 2. The van der Waals surface area contributed by atoms with Crippen LogP contribution in [0.5, 0.6) is 5.75 Å². The molecule has 24 heavy (non-hydrogen) atoms. The first-order valence-electron chi connectivity index (χ1n) is 9.14. The van der Waals surface area contributed by atoms with E-state index in [4.69, 9.17) is 4.74 Å². The van der Waals surface area contributed by atoms with Crippen LogP contribution in [0.3, 0.4) is 0 Å². The van der Waals surface area contributed by atoms with Gasteiger partial charge in [-0.1, -0.05) is 38.0 Å². The molecule has 2 aromatic carbocycles. The summed E-state index contributed by atoms with van der Waals surface area (Å²) >= 11 is 0. The van der Waals surface area contributed by atoms with Gasteiger partial charge in [-0.15, -0.1) is 0 Å². The van der Waals surface area contributed by atoms with E-state index in [1.807, 2.05) is 0 Å². The fraction of sp³-hybridized carbons (Fsp3) is 0.429. The van der Waals surface area contributed by atoms with E-state index in [0.29, 0.717) is 0 Å². The Hall–Kier alpha value is -2.16. The summed E-state index contributed by atoms with van der Waals surface area (Å²) in [6.07, 6.45) is 3.61. The second kappa shape index (κ2) is 8.62. The van der Waals surface area contributed by atoms with E-state index in [1.54, 1.807) is 0 Å². The average molecular weight is 324 g/mol. The van der Waals surface area contributed by atoms with E-state index in [2.05, 4.69) is 71.3 Å². The molecule has 0 atom stereocenters. The molecule has 2 aromatic rings. The normalized spacial score (nSPS) is 14.7. The first-order chi connectivity index (χ1) is 11.9. The van der Waals surface area contributed by atoms with Crippen LogP contribution in [0.4, 0.5) is 11.4 Å². The third-order valence-corrected chi connectivity index (χ3v) is 4.62. The maximum Gasteiger partial charge on any atom is 0.119 e. The lowest BCUT2D eigenvalue weighted by molar-refractivity contribution is 0.306. The molecule has 0 aliphatic carbocycles. The van der Waals surface area contributed by atoms with Crippen molar-refractivity contribution in [3.05, 3.63) is 54.6 Å². The molecule has 3 heteroatoms. The number of nitrogens with zero attached hydrogens (tertiary/aromatic N) is 2. The number of rotatable bonds is 7. The van der Waals surface area contributed by atoms with Crippen molar-refractivity contribution >= 4 is 11.4 Å². The molecule has 0 N–H and O–H groups in total. The topological polar surface area (TPSA) is 15.7 Å². The molecule has 3 nitrogen and oxygen atoms in total. The maximum atomic E-state index is 5.80. The zero-order valence-electron chi connectivity index (χ0n) is 14.7. The molecule has 0 bridgehead atoms. The highest BCUT2D eigenvalue weighted by atomic mass is 16.5. The summed E-state index contributed by atoms with van der Waals surface area (Å²) < 4.78 is 5.80. The Morgan fingerprint density at radius 3 is 1.92 bits per heavy atom. The van der Waals surface area contributed by atoms with Gasteiger partial charge < -0.3 is 14.5 Å². The Kier molecular flexibility index (Phi) is 6.00. The minimum atomic E-state index is 0.822. The monoisotopic (exact) mass is 324 g/mol. The highest BCUT2D eigenvalue weighted by molar-refractivity contribution is 5.52. The maximum absolute atomic E-state index is 5.80. The molecule has 1 aliphatic rings. The molecule has 3 rings (SSSR count). The predicted molar refractivity (Wildman–Crippen MR) is 102 cm³/mol. The predicted octanol–water partition coefficient (Wildman–Crippen LogP) is 4.58. The van der Waals surface area contributed by atoms with Gasteiger partial charge >= 0.3 is 0 Å². The highest BCUT2D eigenvalue weighted by Gasteiger charge is 2.17. The summed E-state index contributed by atoms with van der Waals surface area (Å²) in [6.45, 7) is 7.30. The number of benzene rings is 2. The minimum absolute atomic E-state index is 0.822. The lowest BCUT2D eigenvalue weighted by Gasteiger charge is -2.37. The molecule has 0 spiro atoms. The molecule has 1 saturated heterocycles. The summed E-state index contributed by atoms with van der Waals surface area (Å²) in [4.78, 5) is 4.92. The van der Waals surface area contributed by atoms with Gasteiger partial charge in [-0.05, 0) is 42.8 Å². The number of hydrogen-bond acceptors (Lipinski definition) is 3. The van der Waals surface area contributed by atoms with Gasteiger partial charge in [0.15, 0.2) is 0 Å². The van der Waals surface area contributed by atoms with Crippen LogP contribution in [0.1, 0.15) is 26.2 Å². The third-order valence-electron chi connectivity index (χ3n) is 4.62. The van der Waals surface area contributed by atoms with Crippen LogP contribution >= 0.6 is 0 Å². The van der Waals surface area contributed by atoms with Crippen molar-refractivity contribution in [2.45, 2.75) is 26.2 Å². The zero-order valence-corrected chi connectivity index (χ0v) is 14.7. The zero-order chi connectivity index (χ0) is 16.6. The Morgan fingerprint density at radius 1 is 0.750 bits per heavy atom. The summed E-state index contributed by atoms with van der Waals surface area (Å²) in [5, 5.41) is 0. The van der Waals surface area contributed by atoms with Gasteiger partial charge in [-0.2, -0.15) is 0 Å². The van der Waals surface area contributed by atoms with Crippen LogP contribution in [0, 0.1) is 0 Å². The highest BCUT2D eigenvalue weighted by Crippen LogP contribution is 2.23. The number of piperazine rings is 1. The van der Waals surface area contributed by atoms with Crippen LogP contribution in [-0.2, 0) is 0 Å². The first kappa shape index (κ1) is 16.7.